The van der Waals surface area contributed by atoms with Gasteiger partial charge in [-0.25, -0.2) is 0 Å². The van der Waals surface area contributed by atoms with Crippen LogP contribution in [0, 0.1) is 36.7 Å². The monoisotopic (exact) mass is 933 g/mol. The minimum absolute atomic E-state index is 0. The molecule has 0 unspecified atom stereocenters. The summed E-state index contributed by atoms with van der Waals surface area (Å²) in [4.78, 5) is 17.0. The minimum atomic E-state index is -0.337. The van der Waals surface area contributed by atoms with E-state index in [0.29, 0.717) is 5.92 Å². The van der Waals surface area contributed by atoms with E-state index in [1.165, 1.54) is 22.6 Å². The summed E-state index contributed by atoms with van der Waals surface area (Å²) < 4.78 is 13.2. The average Bonchev–Trinajstić information content (AvgIpc) is 3.68. The molecule has 0 bridgehead atoms. The first-order chi connectivity index (χ1) is 25.9. The average molecular weight is 933 g/mol. The van der Waals surface area contributed by atoms with Crippen molar-refractivity contribution >= 4 is 38.5 Å². The number of fused-ring (bicyclic) bond motifs is 3. The molecule has 0 saturated heterocycles. The Bertz CT molecular complexity index is 2340. The van der Waals surface area contributed by atoms with Gasteiger partial charge in [-0.3, -0.25) is 9.78 Å². The molecule has 6 heteroatoms. The fraction of sp³-hybridized carbons (Fsp3) is 0.440. The molecule has 301 valence electrons. The van der Waals surface area contributed by atoms with Crippen molar-refractivity contribution in [3.05, 3.63) is 101 Å². The molecule has 6 aromatic rings. The molecule has 1 radical (unpaired) electrons. The van der Waals surface area contributed by atoms with Gasteiger partial charge in [0.05, 0.1) is 5.56 Å². The second-order valence-electron chi connectivity index (χ2n) is 17.3. The number of aromatic nitrogens is 1. The first kappa shape index (κ1) is 44.7. The molecule has 0 aliphatic heterocycles. The molecule has 6 rings (SSSR count). The summed E-state index contributed by atoms with van der Waals surface area (Å²) in [5.74, 6) is 2.70. The minimum Gasteiger partial charge on any atom is -0.512 e. The largest absolute Gasteiger partial charge is 0.512 e. The van der Waals surface area contributed by atoms with Crippen LogP contribution in [0.4, 0.5) is 0 Å². The molecule has 0 fully saturated rings. The van der Waals surface area contributed by atoms with Crippen LogP contribution in [0.2, 0.25) is 0 Å². The van der Waals surface area contributed by atoms with Crippen LogP contribution >= 0.6 is 0 Å². The number of rotatable bonds is 11. The summed E-state index contributed by atoms with van der Waals surface area (Å²) >= 11 is 0. The fourth-order valence-electron chi connectivity index (χ4n) is 7.29. The van der Waals surface area contributed by atoms with Gasteiger partial charge in [0.1, 0.15) is 28.4 Å². The van der Waals surface area contributed by atoms with Crippen molar-refractivity contribution in [1.29, 1.82) is 0 Å². The molecule has 3 aromatic carbocycles. The molecule has 1 N–H and O–H groups in total. The molecule has 56 heavy (non-hydrogen) atoms. The third kappa shape index (κ3) is 8.77. The molecule has 0 spiro atoms. The van der Waals surface area contributed by atoms with Crippen molar-refractivity contribution < 1.29 is 38.8 Å². The van der Waals surface area contributed by atoms with E-state index in [2.05, 4.69) is 103 Å². The molecule has 0 saturated carbocycles. The van der Waals surface area contributed by atoms with Gasteiger partial charge < -0.3 is 13.9 Å². The maximum absolute atomic E-state index is 12.2. The molecule has 0 aliphatic carbocycles. The van der Waals surface area contributed by atoms with Gasteiger partial charge in [0.15, 0.2) is 5.78 Å². The van der Waals surface area contributed by atoms with Gasteiger partial charge in [0.2, 0.25) is 0 Å². The number of benzene rings is 3. The Labute approximate surface area is 348 Å². The summed E-state index contributed by atoms with van der Waals surface area (Å²) in [6.07, 6.45) is 7.55. The zero-order valence-electron chi connectivity index (χ0n) is 35.9. The summed E-state index contributed by atoms with van der Waals surface area (Å²) in [5, 5.41) is 14.7. The van der Waals surface area contributed by atoms with E-state index in [-0.39, 0.29) is 47.9 Å². The Hall–Kier alpha value is -3.99. The van der Waals surface area contributed by atoms with Crippen LogP contribution in [0.25, 0.3) is 55.3 Å². The van der Waals surface area contributed by atoms with Crippen molar-refractivity contribution in [1.82, 2.24) is 4.98 Å². The van der Waals surface area contributed by atoms with Crippen LogP contribution in [-0.2, 0) is 36.7 Å². The van der Waals surface area contributed by atoms with Crippen LogP contribution in [0.1, 0.15) is 124 Å². The quantitative estimate of drug-likeness (QED) is 0.0796. The van der Waals surface area contributed by atoms with E-state index in [0.717, 1.165) is 93.3 Å². The third-order valence-corrected chi connectivity index (χ3v) is 12.2. The van der Waals surface area contributed by atoms with E-state index in [9.17, 15) is 9.90 Å². The van der Waals surface area contributed by atoms with Gasteiger partial charge >= 0.3 is 0 Å². The third-order valence-electron chi connectivity index (χ3n) is 12.2. The number of carbonyl (C=O) groups is 1. The Morgan fingerprint density at radius 2 is 1.41 bits per heavy atom. The number of para-hydroxylation sites is 1. The number of allylic oxidation sites excluding steroid dienone is 2. The molecule has 3 heterocycles. The molecule has 3 aromatic heterocycles. The van der Waals surface area contributed by atoms with E-state index >= 15 is 0 Å². The summed E-state index contributed by atoms with van der Waals surface area (Å²) in [7, 11) is 0. The smallest absolute Gasteiger partial charge is 0.164 e. The van der Waals surface area contributed by atoms with Crippen LogP contribution in [0.3, 0.4) is 0 Å². The number of aliphatic hydroxyl groups is 1. The fourth-order valence-corrected chi connectivity index (χ4v) is 7.29. The Morgan fingerprint density at radius 3 is 2.02 bits per heavy atom. The predicted molar refractivity (Wildman–Crippen MR) is 231 cm³/mol. The van der Waals surface area contributed by atoms with Gasteiger partial charge in [0, 0.05) is 71.7 Å². The van der Waals surface area contributed by atoms with Gasteiger partial charge in [-0.15, -0.1) is 29.1 Å². The number of aryl methyl sites for hydroxylation is 2. The van der Waals surface area contributed by atoms with Gasteiger partial charge in [-0.2, -0.15) is 0 Å². The summed E-state index contributed by atoms with van der Waals surface area (Å²) in [6.45, 7) is 27.6. The van der Waals surface area contributed by atoms with Crippen molar-refractivity contribution in [3.63, 3.8) is 0 Å². The van der Waals surface area contributed by atoms with Gasteiger partial charge in [-0.05, 0) is 68.6 Å². The molecule has 0 atom stereocenters. The predicted octanol–water partition coefficient (Wildman–Crippen LogP) is 14.6. The van der Waals surface area contributed by atoms with Crippen LogP contribution in [-0.4, -0.2) is 15.9 Å². The number of pyridine rings is 1. The van der Waals surface area contributed by atoms with E-state index in [4.69, 9.17) is 13.8 Å². The van der Waals surface area contributed by atoms with E-state index < -0.39 is 0 Å². The topological polar surface area (TPSA) is 76.5 Å². The Morgan fingerprint density at radius 1 is 0.804 bits per heavy atom. The first-order valence-electron chi connectivity index (χ1n) is 20.2. The summed E-state index contributed by atoms with van der Waals surface area (Å²) in [6, 6.07) is 22.7. The van der Waals surface area contributed by atoms with Crippen molar-refractivity contribution in [2.24, 2.45) is 16.7 Å². The van der Waals surface area contributed by atoms with E-state index in [1.807, 2.05) is 53.8 Å². The molecule has 5 nitrogen and oxygen atoms in total. The number of hydrogen-bond donors (Lipinski definition) is 1. The number of hydrogen-bond acceptors (Lipinski definition) is 5. The summed E-state index contributed by atoms with van der Waals surface area (Å²) in [5.41, 5.74) is 7.38. The SMILES string of the molecule is CCC(C)(CC)C(=O)/C=C(\O)C(C)(CC)CC.Cc1c(CC(C)C)oc2c(-c3oc4c(-c5[c-]c6ccccc6c(C(C)(C)C)c5)nccc4c3C)cccc12.[Ir]. The van der Waals surface area contributed by atoms with Crippen LogP contribution in [0.5, 0.6) is 0 Å². The molecule has 0 aliphatic rings. The van der Waals surface area contributed by atoms with E-state index in [1.54, 1.807) is 0 Å². The van der Waals surface area contributed by atoms with Crippen molar-refractivity contribution in [3.8, 4) is 22.6 Å². The van der Waals surface area contributed by atoms with Crippen LogP contribution in [0.15, 0.2) is 81.5 Å². The maximum Gasteiger partial charge on any atom is 0.164 e. The second-order valence-corrected chi connectivity index (χ2v) is 17.3. The van der Waals surface area contributed by atoms with Gasteiger partial charge in [0.25, 0.3) is 0 Å². The number of nitrogens with zero attached hydrogens (tertiary/aromatic N) is 1. The zero-order chi connectivity index (χ0) is 40.5. The molecular formula is C50H62IrNO4-. The van der Waals surface area contributed by atoms with Crippen molar-refractivity contribution in [2.75, 3.05) is 0 Å². The molecular weight excluding hydrogens is 871 g/mol. The first-order valence-corrected chi connectivity index (χ1v) is 20.2. The van der Waals surface area contributed by atoms with Crippen molar-refractivity contribution in [2.45, 2.75) is 128 Å². The maximum atomic E-state index is 12.2. The molecule has 0 amide bonds. The van der Waals surface area contributed by atoms with Crippen LogP contribution < -0.4 is 0 Å². The normalized spacial score (nSPS) is 12.6. The zero-order valence-corrected chi connectivity index (χ0v) is 38.3. The Balaban J connectivity index is 0.000000330. The van der Waals surface area contributed by atoms with Gasteiger partial charge in [-0.1, -0.05) is 117 Å². The second kappa shape index (κ2) is 17.7. The number of furan rings is 2. The standard InChI is InChI=1S/C35H34NO2.C15H28O2.Ir/c1-20(2)17-30-21(3)25-13-10-14-28(33(25)37-30)32-22(4)26-15-16-36-31(34(26)38-32)24-18-23-11-8-9-12-27(23)29(19-24)35(5,6)7;1-7-14(5,8-2)12(16)11-13(17)15(6,9-3)10-4;/h8-16,19-20H,17H2,1-7H3;11,16H,7-10H2,1-6H3;/q-1;;/b;12-11-;. The number of ketones is 1. The number of aliphatic hydroxyl groups excluding tert-OH is 1. The number of carbonyl (C=O) groups excluding carboxylic acids is 1. The Kier molecular flexibility index (Phi) is 14.1.